The van der Waals surface area contributed by atoms with Crippen molar-refractivity contribution in [2.24, 2.45) is 0 Å². The van der Waals surface area contributed by atoms with Gasteiger partial charge in [-0.05, 0) is 19.1 Å². The summed E-state index contributed by atoms with van der Waals surface area (Å²) in [6.45, 7) is 2.95. The predicted octanol–water partition coefficient (Wildman–Crippen LogP) is 1.60. The molecule has 4 N–H and O–H groups in total. The van der Waals surface area contributed by atoms with Crippen LogP contribution in [0.25, 0.3) is 11.0 Å². The molecule has 0 fully saturated rings. The molecule has 0 spiro atoms. The van der Waals surface area contributed by atoms with E-state index in [9.17, 15) is 0 Å². The molecule has 0 aliphatic heterocycles. The predicted molar refractivity (Wildman–Crippen MR) is 79.1 cm³/mol. The Morgan fingerprint density at radius 1 is 1.10 bits per heavy atom. The quantitative estimate of drug-likeness (QED) is 0.752. The summed E-state index contributed by atoms with van der Waals surface area (Å²) >= 11 is 0. The highest BCUT2D eigenvalue weighted by Crippen LogP contribution is 2.18. The number of nitrogen functional groups attached to an aromatic ring is 2. The van der Waals surface area contributed by atoms with E-state index in [0.717, 1.165) is 29.1 Å². The first-order chi connectivity index (χ1) is 9.67. The van der Waals surface area contributed by atoms with E-state index in [-0.39, 0.29) is 5.95 Å². The fraction of sp³-hybridized carbons (Fsp3) is 0.214. The highest BCUT2D eigenvalue weighted by molar-refractivity contribution is 5.76. The van der Waals surface area contributed by atoms with Gasteiger partial charge in [0.25, 0.3) is 0 Å². The van der Waals surface area contributed by atoms with Gasteiger partial charge in [0.2, 0.25) is 5.95 Å². The molecule has 3 aromatic rings. The van der Waals surface area contributed by atoms with Gasteiger partial charge in [0, 0.05) is 19.0 Å². The summed E-state index contributed by atoms with van der Waals surface area (Å²) in [4.78, 5) is 12.7. The van der Waals surface area contributed by atoms with Crippen molar-refractivity contribution in [3.8, 4) is 0 Å². The van der Waals surface area contributed by atoms with Gasteiger partial charge in [0.1, 0.15) is 11.6 Å². The molecular weight excluding hydrogens is 252 g/mol. The standard InChI is InChI=1S/C14H16N6/c1-2-20-11-6-4-3-5-10(11)18-13(20)8-9-7-12(15)19-14(16)17-9/h3-7H,2,8H2,1H3,(H4,15,16,17,19). The molecule has 0 amide bonds. The Bertz CT molecular complexity index is 741. The number of fused-ring (bicyclic) bond motifs is 1. The van der Waals surface area contributed by atoms with Gasteiger partial charge in [-0.2, -0.15) is 4.98 Å². The third kappa shape index (κ3) is 2.16. The van der Waals surface area contributed by atoms with Gasteiger partial charge in [-0.1, -0.05) is 12.1 Å². The van der Waals surface area contributed by atoms with Gasteiger partial charge in [-0.25, -0.2) is 9.97 Å². The van der Waals surface area contributed by atoms with Crippen molar-refractivity contribution in [1.82, 2.24) is 19.5 Å². The van der Waals surface area contributed by atoms with Gasteiger partial charge in [-0.15, -0.1) is 0 Å². The van der Waals surface area contributed by atoms with E-state index in [1.165, 1.54) is 0 Å². The number of nitrogens with zero attached hydrogens (tertiary/aromatic N) is 4. The first-order valence-electron chi connectivity index (χ1n) is 6.50. The van der Waals surface area contributed by atoms with Gasteiger partial charge >= 0.3 is 0 Å². The second-order valence-electron chi connectivity index (χ2n) is 4.58. The number of rotatable bonds is 3. The van der Waals surface area contributed by atoms with Gasteiger partial charge in [-0.3, -0.25) is 0 Å². The van der Waals surface area contributed by atoms with Crippen LogP contribution >= 0.6 is 0 Å². The topological polar surface area (TPSA) is 95.6 Å². The molecule has 3 rings (SSSR count). The molecule has 0 aliphatic rings. The van der Waals surface area contributed by atoms with E-state index in [2.05, 4.69) is 32.5 Å². The smallest absolute Gasteiger partial charge is 0.222 e. The number of nitrogens with two attached hydrogens (primary N) is 2. The van der Waals surface area contributed by atoms with Crippen LogP contribution in [0.15, 0.2) is 30.3 Å². The second kappa shape index (κ2) is 4.80. The lowest BCUT2D eigenvalue weighted by Gasteiger charge is -2.06. The summed E-state index contributed by atoms with van der Waals surface area (Å²) in [7, 11) is 0. The van der Waals surface area contributed by atoms with E-state index in [1.54, 1.807) is 6.07 Å². The maximum absolute atomic E-state index is 5.70. The number of hydrogen-bond donors (Lipinski definition) is 2. The Labute approximate surface area is 116 Å². The van der Waals surface area contributed by atoms with Gasteiger partial charge < -0.3 is 16.0 Å². The molecule has 0 atom stereocenters. The Morgan fingerprint density at radius 3 is 2.65 bits per heavy atom. The maximum Gasteiger partial charge on any atom is 0.222 e. The zero-order valence-corrected chi connectivity index (χ0v) is 11.2. The molecule has 0 saturated heterocycles. The molecule has 0 unspecified atom stereocenters. The molecule has 6 heteroatoms. The van der Waals surface area contributed by atoms with Gasteiger partial charge in [0.05, 0.1) is 16.7 Å². The van der Waals surface area contributed by atoms with Crippen molar-refractivity contribution in [2.75, 3.05) is 11.5 Å². The van der Waals surface area contributed by atoms with Crippen molar-refractivity contribution in [1.29, 1.82) is 0 Å². The number of benzene rings is 1. The SMILES string of the molecule is CCn1c(Cc2cc(N)nc(N)n2)nc2ccccc21. The monoisotopic (exact) mass is 268 g/mol. The van der Waals surface area contributed by atoms with E-state index in [0.29, 0.717) is 12.2 Å². The Kier molecular flexibility index (Phi) is 2.98. The molecule has 20 heavy (non-hydrogen) atoms. The van der Waals surface area contributed by atoms with Crippen molar-refractivity contribution in [3.63, 3.8) is 0 Å². The average Bonchev–Trinajstić information content (AvgIpc) is 2.74. The van der Waals surface area contributed by atoms with E-state index in [4.69, 9.17) is 11.5 Å². The van der Waals surface area contributed by atoms with E-state index < -0.39 is 0 Å². The first kappa shape index (κ1) is 12.4. The summed E-state index contributed by atoms with van der Waals surface area (Å²) in [5, 5.41) is 0. The average molecular weight is 268 g/mol. The minimum absolute atomic E-state index is 0.194. The van der Waals surface area contributed by atoms with Crippen LogP contribution in [0.1, 0.15) is 18.4 Å². The maximum atomic E-state index is 5.70. The summed E-state index contributed by atoms with van der Waals surface area (Å²) in [5.41, 5.74) is 14.2. The third-order valence-electron chi connectivity index (χ3n) is 3.21. The van der Waals surface area contributed by atoms with Crippen molar-refractivity contribution in [3.05, 3.63) is 41.9 Å². The number of aromatic nitrogens is 4. The first-order valence-corrected chi connectivity index (χ1v) is 6.50. The van der Waals surface area contributed by atoms with E-state index >= 15 is 0 Å². The zero-order chi connectivity index (χ0) is 14.1. The highest BCUT2D eigenvalue weighted by Gasteiger charge is 2.11. The minimum atomic E-state index is 0.194. The number of para-hydroxylation sites is 2. The molecule has 2 heterocycles. The third-order valence-corrected chi connectivity index (χ3v) is 3.21. The van der Waals surface area contributed by atoms with Crippen LogP contribution < -0.4 is 11.5 Å². The van der Waals surface area contributed by atoms with Crippen LogP contribution in [0.5, 0.6) is 0 Å². The van der Waals surface area contributed by atoms with Crippen LogP contribution in [-0.4, -0.2) is 19.5 Å². The minimum Gasteiger partial charge on any atom is -0.384 e. The van der Waals surface area contributed by atoms with Crippen molar-refractivity contribution >= 4 is 22.8 Å². The molecule has 2 aromatic heterocycles. The lowest BCUT2D eigenvalue weighted by molar-refractivity contribution is 0.729. The lowest BCUT2D eigenvalue weighted by atomic mass is 10.2. The molecule has 0 aliphatic carbocycles. The molecule has 1 aromatic carbocycles. The molecule has 6 nitrogen and oxygen atoms in total. The normalized spacial score (nSPS) is 11.1. The van der Waals surface area contributed by atoms with Crippen LogP contribution in [0.2, 0.25) is 0 Å². The Morgan fingerprint density at radius 2 is 1.90 bits per heavy atom. The Hall–Kier alpha value is -2.63. The summed E-state index contributed by atoms with van der Waals surface area (Å²) in [5.74, 6) is 1.53. The van der Waals surface area contributed by atoms with Crippen LogP contribution in [0.3, 0.4) is 0 Å². The number of hydrogen-bond acceptors (Lipinski definition) is 5. The van der Waals surface area contributed by atoms with Crippen LogP contribution in [0.4, 0.5) is 11.8 Å². The summed E-state index contributed by atoms with van der Waals surface area (Å²) in [6.07, 6.45) is 0.583. The zero-order valence-electron chi connectivity index (χ0n) is 11.2. The van der Waals surface area contributed by atoms with Crippen molar-refractivity contribution in [2.45, 2.75) is 19.9 Å². The van der Waals surface area contributed by atoms with Crippen molar-refractivity contribution < 1.29 is 0 Å². The molecule has 0 bridgehead atoms. The van der Waals surface area contributed by atoms with Crippen LogP contribution in [-0.2, 0) is 13.0 Å². The van der Waals surface area contributed by atoms with E-state index in [1.807, 2.05) is 18.2 Å². The number of anilines is 2. The molecule has 102 valence electrons. The fourth-order valence-corrected chi connectivity index (χ4v) is 2.41. The number of imidazole rings is 1. The summed E-state index contributed by atoms with van der Waals surface area (Å²) in [6, 6.07) is 9.81. The lowest BCUT2D eigenvalue weighted by Crippen LogP contribution is -2.07. The van der Waals surface area contributed by atoms with Gasteiger partial charge in [0.15, 0.2) is 0 Å². The second-order valence-corrected chi connectivity index (χ2v) is 4.58. The Balaban J connectivity index is 2.05. The molecular formula is C14H16N6. The molecule has 0 saturated carbocycles. The summed E-state index contributed by atoms with van der Waals surface area (Å²) < 4.78 is 2.17. The van der Waals surface area contributed by atoms with Crippen LogP contribution in [0, 0.1) is 0 Å². The molecule has 0 radical (unpaired) electrons. The fourth-order valence-electron chi connectivity index (χ4n) is 2.41. The highest BCUT2D eigenvalue weighted by atomic mass is 15.1. The number of aryl methyl sites for hydroxylation is 1. The largest absolute Gasteiger partial charge is 0.384 e.